The Morgan fingerprint density at radius 3 is 2.65 bits per heavy atom. The average molecular weight is 233 g/mol. The van der Waals surface area contributed by atoms with E-state index in [1.54, 1.807) is 0 Å². The fraction of sp³-hybridized carbons (Fsp3) is 0.333. The number of benzene rings is 1. The molecule has 2 aromatic rings. The van der Waals surface area contributed by atoms with Crippen molar-refractivity contribution in [3.8, 4) is 11.5 Å². The molecule has 0 saturated carbocycles. The van der Waals surface area contributed by atoms with E-state index in [1.165, 1.54) is 0 Å². The van der Waals surface area contributed by atoms with Gasteiger partial charge in [0, 0.05) is 11.6 Å². The minimum absolute atomic E-state index is 0.165. The monoisotopic (exact) mass is 233 g/mol. The molecule has 0 bridgehead atoms. The van der Waals surface area contributed by atoms with Gasteiger partial charge in [-0.1, -0.05) is 25.1 Å². The molecule has 0 fully saturated rings. The van der Waals surface area contributed by atoms with Gasteiger partial charge in [-0.15, -0.1) is 10.2 Å². The SMILES string of the molecule is CC[C@H](N)C(O)c1nnc(-c2ccccc2)o1. The Bertz CT molecular complexity index is 470. The van der Waals surface area contributed by atoms with Gasteiger partial charge in [-0.3, -0.25) is 0 Å². The number of aliphatic hydroxyl groups excluding tert-OH is 1. The normalized spacial score (nSPS) is 14.5. The average Bonchev–Trinajstić information content (AvgIpc) is 2.87. The molecule has 90 valence electrons. The number of hydrogen-bond acceptors (Lipinski definition) is 5. The van der Waals surface area contributed by atoms with Crippen molar-refractivity contribution in [1.29, 1.82) is 0 Å². The third-order valence-corrected chi connectivity index (χ3v) is 2.59. The van der Waals surface area contributed by atoms with Crippen LogP contribution in [0.4, 0.5) is 0 Å². The second-order valence-corrected chi connectivity index (χ2v) is 3.83. The molecule has 0 amide bonds. The highest BCUT2D eigenvalue weighted by Crippen LogP contribution is 2.22. The van der Waals surface area contributed by atoms with Gasteiger partial charge in [0.2, 0.25) is 11.8 Å². The summed E-state index contributed by atoms with van der Waals surface area (Å²) < 4.78 is 5.40. The van der Waals surface area contributed by atoms with Crippen LogP contribution in [0.3, 0.4) is 0 Å². The van der Waals surface area contributed by atoms with Gasteiger partial charge in [-0.25, -0.2) is 0 Å². The highest BCUT2D eigenvalue weighted by molar-refractivity contribution is 5.51. The Morgan fingerprint density at radius 2 is 2.00 bits per heavy atom. The van der Waals surface area contributed by atoms with Crippen molar-refractivity contribution in [1.82, 2.24) is 10.2 Å². The number of aliphatic hydroxyl groups is 1. The molecular formula is C12H15N3O2. The summed E-state index contributed by atoms with van der Waals surface area (Å²) in [7, 11) is 0. The molecule has 0 aliphatic heterocycles. The molecule has 0 aliphatic carbocycles. The number of aromatic nitrogens is 2. The van der Waals surface area contributed by atoms with Crippen LogP contribution in [0, 0.1) is 0 Å². The number of nitrogens with two attached hydrogens (primary N) is 1. The predicted octanol–water partition coefficient (Wildman–Crippen LogP) is 1.51. The molecule has 0 saturated heterocycles. The first-order valence-corrected chi connectivity index (χ1v) is 5.55. The van der Waals surface area contributed by atoms with Gasteiger partial charge in [-0.2, -0.15) is 0 Å². The second kappa shape index (κ2) is 5.07. The Balaban J connectivity index is 2.22. The molecule has 2 rings (SSSR count). The lowest BCUT2D eigenvalue weighted by Gasteiger charge is -2.12. The first-order valence-electron chi connectivity index (χ1n) is 5.55. The zero-order chi connectivity index (χ0) is 12.3. The van der Waals surface area contributed by atoms with Crippen molar-refractivity contribution < 1.29 is 9.52 Å². The molecule has 1 aromatic carbocycles. The quantitative estimate of drug-likeness (QED) is 0.836. The largest absolute Gasteiger partial charge is 0.418 e. The van der Waals surface area contributed by atoms with E-state index in [4.69, 9.17) is 10.2 Å². The Hall–Kier alpha value is -1.72. The summed E-state index contributed by atoms with van der Waals surface area (Å²) in [5, 5.41) is 17.5. The first-order chi connectivity index (χ1) is 8.22. The van der Waals surface area contributed by atoms with E-state index < -0.39 is 6.10 Å². The molecule has 3 N–H and O–H groups in total. The highest BCUT2D eigenvalue weighted by atomic mass is 16.4. The van der Waals surface area contributed by atoms with Gasteiger partial charge in [0.05, 0.1) is 0 Å². The third-order valence-electron chi connectivity index (χ3n) is 2.59. The van der Waals surface area contributed by atoms with Crippen LogP contribution in [0.1, 0.15) is 25.3 Å². The van der Waals surface area contributed by atoms with E-state index in [0.29, 0.717) is 12.3 Å². The van der Waals surface area contributed by atoms with Gasteiger partial charge in [0.25, 0.3) is 0 Å². The standard InChI is InChI=1S/C12H15N3O2/c1-2-9(13)10(16)12-15-14-11(17-12)8-6-4-3-5-7-8/h3-7,9-10,16H,2,13H2,1H3/t9-,10?/m0/s1. The van der Waals surface area contributed by atoms with E-state index in [9.17, 15) is 5.11 Å². The lowest BCUT2D eigenvalue weighted by molar-refractivity contribution is 0.114. The van der Waals surface area contributed by atoms with Gasteiger partial charge in [-0.05, 0) is 18.6 Å². The first kappa shape index (κ1) is 11.8. The number of rotatable bonds is 4. The minimum atomic E-state index is -0.912. The smallest absolute Gasteiger partial charge is 0.247 e. The van der Waals surface area contributed by atoms with E-state index >= 15 is 0 Å². The van der Waals surface area contributed by atoms with Crippen molar-refractivity contribution in [2.45, 2.75) is 25.5 Å². The summed E-state index contributed by atoms with van der Waals surface area (Å²) in [6.07, 6.45) is -0.269. The molecule has 5 heteroatoms. The van der Waals surface area contributed by atoms with E-state index in [1.807, 2.05) is 37.3 Å². The number of nitrogens with zero attached hydrogens (tertiary/aromatic N) is 2. The van der Waals surface area contributed by atoms with Crippen molar-refractivity contribution in [2.24, 2.45) is 5.73 Å². The van der Waals surface area contributed by atoms with Crippen LogP contribution in [0.25, 0.3) is 11.5 Å². The minimum Gasteiger partial charge on any atom is -0.418 e. The fourth-order valence-corrected chi connectivity index (χ4v) is 1.46. The highest BCUT2D eigenvalue weighted by Gasteiger charge is 2.21. The summed E-state index contributed by atoms with van der Waals surface area (Å²) in [5.74, 6) is 0.557. The van der Waals surface area contributed by atoms with Gasteiger partial charge in [0.1, 0.15) is 6.10 Å². The molecule has 1 unspecified atom stereocenters. The predicted molar refractivity (Wildman–Crippen MR) is 63.0 cm³/mol. The molecule has 5 nitrogen and oxygen atoms in total. The summed E-state index contributed by atoms with van der Waals surface area (Å²) in [6.45, 7) is 1.89. The maximum Gasteiger partial charge on any atom is 0.247 e. The number of hydrogen-bond donors (Lipinski definition) is 2. The summed E-state index contributed by atoms with van der Waals surface area (Å²) >= 11 is 0. The van der Waals surface area contributed by atoms with Crippen LogP contribution in [0.15, 0.2) is 34.7 Å². The lowest BCUT2D eigenvalue weighted by Crippen LogP contribution is -2.27. The zero-order valence-electron chi connectivity index (χ0n) is 9.58. The van der Waals surface area contributed by atoms with Gasteiger partial charge >= 0.3 is 0 Å². The van der Waals surface area contributed by atoms with E-state index in [-0.39, 0.29) is 11.9 Å². The Kier molecular flexibility index (Phi) is 3.51. The molecule has 1 aromatic heterocycles. The molecular weight excluding hydrogens is 218 g/mol. The Morgan fingerprint density at radius 1 is 1.29 bits per heavy atom. The molecule has 0 spiro atoms. The summed E-state index contributed by atoms with van der Waals surface area (Å²) in [5.41, 5.74) is 6.54. The molecule has 0 radical (unpaired) electrons. The molecule has 17 heavy (non-hydrogen) atoms. The zero-order valence-corrected chi connectivity index (χ0v) is 9.58. The molecule has 0 aliphatic rings. The Labute approximate surface area is 99.3 Å². The summed E-state index contributed by atoms with van der Waals surface area (Å²) in [4.78, 5) is 0. The van der Waals surface area contributed by atoms with Gasteiger partial charge in [0.15, 0.2) is 0 Å². The van der Waals surface area contributed by atoms with Crippen LogP contribution in [0.5, 0.6) is 0 Å². The van der Waals surface area contributed by atoms with Crippen molar-refractivity contribution in [2.75, 3.05) is 0 Å². The molecule has 1 heterocycles. The third kappa shape index (κ3) is 2.51. The van der Waals surface area contributed by atoms with Crippen molar-refractivity contribution >= 4 is 0 Å². The lowest BCUT2D eigenvalue weighted by atomic mass is 10.1. The van der Waals surface area contributed by atoms with Crippen LogP contribution in [0.2, 0.25) is 0 Å². The van der Waals surface area contributed by atoms with Crippen LogP contribution in [-0.4, -0.2) is 21.3 Å². The van der Waals surface area contributed by atoms with Gasteiger partial charge < -0.3 is 15.3 Å². The van der Waals surface area contributed by atoms with Crippen LogP contribution >= 0.6 is 0 Å². The maximum atomic E-state index is 9.83. The second-order valence-electron chi connectivity index (χ2n) is 3.83. The fourth-order valence-electron chi connectivity index (χ4n) is 1.46. The maximum absolute atomic E-state index is 9.83. The molecule has 2 atom stereocenters. The summed E-state index contributed by atoms with van der Waals surface area (Å²) in [6, 6.07) is 9.01. The topological polar surface area (TPSA) is 85.2 Å². The van der Waals surface area contributed by atoms with E-state index in [0.717, 1.165) is 5.56 Å². The van der Waals surface area contributed by atoms with E-state index in [2.05, 4.69) is 10.2 Å². The van der Waals surface area contributed by atoms with Crippen LogP contribution in [-0.2, 0) is 0 Å². The van der Waals surface area contributed by atoms with Crippen LogP contribution < -0.4 is 5.73 Å². The van der Waals surface area contributed by atoms with Crippen molar-refractivity contribution in [3.05, 3.63) is 36.2 Å². The van der Waals surface area contributed by atoms with Crippen molar-refractivity contribution in [3.63, 3.8) is 0 Å².